The molecule has 1 unspecified atom stereocenters. The molecule has 0 amide bonds. The largest absolute Gasteiger partial charge is 0.0680 e. The Labute approximate surface area is 115 Å². The first-order valence-corrected chi connectivity index (χ1v) is 10.4. The van der Waals surface area contributed by atoms with E-state index >= 15 is 0 Å². The van der Waals surface area contributed by atoms with Crippen LogP contribution in [0.4, 0.5) is 0 Å². The summed E-state index contributed by atoms with van der Waals surface area (Å²) in [7, 11) is -0.630. The molecule has 0 saturated heterocycles. The van der Waals surface area contributed by atoms with E-state index < -0.39 is 8.80 Å². The Balaban J connectivity index is 1.98. The van der Waals surface area contributed by atoms with E-state index in [1.807, 2.05) is 0 Å². The van der Waals surface area contributed by atoms with Crippen molar-refractivity contribution in [2.45, 2.75) is 70.9 Å². The summed E-state index contributed by atoms with van der Waals surface area (Å²) in [6.07, 6.45) is 11.5. The predicted molar refractivity (Wildman–Crippen MR) is 86.5 cm³/mol. The van der Waals surface area contributed by atoms with Crippen molar-refractivity contribution >= 4 is 14.0 Å². The summed E-state index contributed by atoms with van der Waals surface area (Å²) in [6, 6.07) is 12.6. The highest BCUT2D eigenvalue weighted by Gasteiger charge is 2.05. The molecule has 1 heteroatoms. The minimum absolute atomic E-state index is 0.630. The van der Waals surface area contributed by atoms with E-state index in [1.54, 1.807) is 5.19 Å². The lowest BCUT2D eigenvalue weighted by Gasteiger charge is -2.09. The van der Waals surface area contributed by atoms with Gasteiger partial charge in [0.1, 0.15) is 0 Å². The highest BCUT2D eigenvalue weighted by atomic mass is 28.3. The second-order valence-electron chi connectivity index (χ2n) is 5.58. The maximum Gasteiger partial charge on any atom is 0.0677 e. The van der Waals surface area contributed by atoms with E-state index in [0.717, 1.165) is 0 Å². The number of hydrogen-bond acceptors (Lipinski definition) is 0. The highest BCUT2D eigenvalue weighted by Crippen LogP contribution is 2.11. The molecule has 1 rings (SSSR count). The first-order valence-electron chi connectivity index (χ1n) is 7.89. The van der Waals surface area contributed by atoms with Crippen molar-refractivity contribution in [3.05, 3.63) is 30.3 Å². The summed E-state index contributed by atoms with van der Waals surface area (Å²) in [5.74, 6) is 0. The molecule has 0 aliphatic carbocycles. The van der Waals surface area contributed by atoms with Crippen molar-refractivity contribution < 1.29 is 0 Å². The Morgan fingerprint density at radius 3 is 1.94 bits per heavy atom. The molecule has 0 aliphatic rings. The van der Waals surface area contributed by atoms with Crippen LogP contribution in [0, 0.1) is 0 Å². The molecule has 102 valence electrons. The molecular formula is C17H30Si. The minimum Gasteiger partial charge on any atom is -0.0680 e. The normalized spacial score (nSPS) is 12.6. The highest BCUT2D eigenvalue weighted by molar-refractivity contribution is 6.71. The molecule has 0 N–H and O–H groups in total. The third-order valence-electron chi connectivity index (χ3n) is 3.86. The number of hydrogen-bond donors (Lipinski definition) is 0. The summed E-state index contributed by atoms with van der Waals surface area (Å²) in [5.41, 5.74) is 0. The van der Waals surface area contributed by atoms with Gasteiger partial charge in [0.15, 0.2) is 0 Å². The lowest BCUT2D eigenvalue weighted by Crippen LogP contribution is -2.25. The van der Waals surface area contributed by atoms with Crippen LogP contribution in [0.5, 0.6) is 0 Å². The summed E-state index contributed by atoms with van der Waals surface area (Å²) < 4.78 is 0. The Morgan fingerprint density at radius 1 is 0.778 bits per heavy atom. The van der Waals surface area contributed by atoms with Crippen molar-refractivity contribution in [2.75, 3.05) is 0 Å². The van der Waals surface area contributed by atoms with Gasteiger partial charge >= 0.3 is 0 Å². The lowest BCUT2D eigenvalue weighted by molar-refractivity contribution is 0.584. The monoisotopic (exact) mass is 262 g/mol. The first-order chi connectivity index (χ1) is 8.84. The summed E-state index contributed by atoms with van der Waals surface area (Å²) in [5, 5.41) is 1.64. The van der Waals surface area contributed by atoms with Crippen LogP contribution in [0.15, 0.2) is 30.3 Å². The van der Waals surface area contributed by atoms with Gasteiger partial charge in [-0.3, -0.25) is 0 Å². The molecule has 0 fully saturated rings. The minimum atomic E-state index is -0.630. The van der Waals surface area contributed by atoms with Crippen molar-refractivity contribution in [1.29, 1.82) is 0 Å². The van der Waals surface area contributed by atoms with Crippen LogP contribution in [0.3, 0.4) is 0 Å². The SMILES string of the molecule is CCCCCCCCCC[SiH](C)c1ccccc1. The second kappa shape index (κ2) is 10.4. The van der Waals surface area contributed by atoms with E-state index in [9.17, 15) is 0 Å². The number of rotatable bonds is 10. The first kappa shape index (κ1) is 15.5. The van der Waals surface area contributed by atoms with Gasteiger partial charge in [0.05, 0.1) is 8.80 Å². The molecule has 0 heterocycles. The Hall–Kier alpha value is -0.563. The average molecular weight is 263 g/mol. The van der Waals surface area contributed by atoms with Crippen molar-refractivity contribution in [3.63, 3.8) is 0 Å². The molecule has 0 bridgehead atoms. The quantitative estimate of drug-likeness (QED) is 0.416. The maximum atomic E-state index is 2.50. The zero-order valence-corrected chi connectivity index (χ0v) is 13.5. The average Bonchev–Trinajstić information content (AvgIpc) is 2.42. The van der Waals surface area contributed by atoms with Gasteiger partial charge in [0.2, 0.25) is 0 Å². The van der Waals surface area contributed by atoms with Gasteiger partial charge in [0, 0.05) is 0 Å². The molecular weight excluding hydrogens is 232 g/mol. The van der Waals surface area contributed by atoms with E-state index in [-0.39, 0.29) is 0 Å². The molecule has 0 spiro atoms. The van der Waals surface area contributed by atoms with Crippen molar-refractivity contribution in [2.24, 2.45) is 0 Å². The molecule has 0 saturated carbocycles. The smallest absolute Gasteiger partial charge is 0.0677 e. The van der Waals surface area contributed by atoms with Crippen molar-refractivity contribution in [3.8, 4) is 0 Å². The summed E-state index contributed by atoms with van der Waals surface area (Å²) in [6.45, 7) is 4.78. The van der Waals surface area contributed by atoms with Crippen LogP contribution >= 0.6 is 0 Å². The van der Waals surface area contributed by atoms with Crippen LogP contribution in [0.25, 0.3) is 0 Å². The Kier molecular flexibility index (Phi) is 8.92. The van der Waals surface area contributed by atoms with Crippen LogP contribution in [-0.4, -0.2) is 8.80 Å². The standard InChI is InChI=1S/C17H30Si/c1-3-4-5-6-7-8-9-13-16-18(2)17-14-11-10-12-15-17/h10-12,14-15,18H,3-9,13,16H2,1-2H3. The van der Waals surface area contributed by atoms with E-state index in [1.165, 1.54) is 57.4 Å². The fourth-order valence-corrected chi connectivity index (χ4v) is 4.65. The van der Waals surface area contributed by atoms with Gasteiger partial charge in [0.25, 0.3) is 0 Å². The molecule has 0 radical (unpaired) electrons. The molecule has 0 nitrogen and oxygen atoms in total. The van der Waals surface area contributed by atoms with Crippen molar-refractivity contribution in [1.82, 2.24) is 0 Å². The van der Waals surface area contributed by atoms with Crippen LogP contribution in [-0.2, 0) is 0 Å². The zero-order chi connectivity index (χ0) is 13.1. The zero-order valence-electron chi connectivity index (χ0n) is 12.3. The summed E-state index contributed by atoms with van der Waals surface area (Å²) >= 11 is 0. The van der Waals surface area contributed by atoms with Gasteiger partial charge in [-0.2, -0.15) is 0 Å². The van der Waals surface area contributed by atoms with E-state index in [0.29, 0.717) is 0 Å². The number of unbranched alkanes of at least 4 members (excludes halogenated alkanes) is 7. The topological polar surface area (TPSA) is 0 Å². The molecule has 1 aromatic carbocycles. The predicted octanol–water partition coefficient (Wildman–Crippen LogP) is 4.89. The molecule has 0 aliphatic heterocycles. The number of benzene rings is 1. The van der Waals surface area contributed by atoms with Gasteiger partial charge < -0.3 is 0 Å². The van der Waals surface area contributed by atoms with Gasteiger partial charge in [-0.05, 0) is 0 Å². The molecule has 0 aromatic heterocycles. The fourth-order valence-electron chi connectivity index (χ4n) is 2.53. The second-order valence-corrected chi connectivity index (χ2v) is 8.62. The molecule has 18 heavy (non-hydrogen) atoms. The van der Waals surface area contributed by atoms with Gasteiger partial charge in [-0.15, -0.1) is 0 Å². The maximum absolute atomic E-state index is 2.50. The summed E-state index contributed by atoms with van der Waals surface area (Å²) in [4.78, 5) is 0. The fraction of sp³-hybridized carbons (Fsp3) is 0.647. The Bertz CT molecular complexity index is 281. The van der Waals surface area contributed by atoms with Gasteiger partial charge in [-0.1, -0.05) is 106 Å². The van der Waals surface area contributed by atoms with Crippen LogP contribution in [0.1, 0.15) is 58.3 Å². The Morgan fingerprint density at radius 2 is 1.33 bits per heavy atom. The van der Waals surface area contributed by atoms with E-state index in [2.05, 4.69) is 43.8 Å². The van der Waals surface area contributed by atoms with E-state index in [4.69, 9.17) is 0 Å². The third kappa shape index (κ3) is 7.00. The molecule has 1 atom stereocenters. The lowest BCUT2D eigenvalue weighted by atomic mass is 10.1. The van der Waals surface area contributed by atoms with Crippen LogP contribution < -0.4 is 5.19 Å². The van der Waals surface area contributed by atoms with Crippen LogP contribution in [0.2, 0.25) is 12.6 Å². The van der Waals surface area contributed by atoms with Gasteiger partial charge in [-0.25, -0.2) is 0 Å². The third-order valence-corrected chi connectivity index (χ3v) is 6.66. The molecule has 1 aromatic rings.